The van der Waals surface area contributed by atoms with Crippen LogP contribution in [0.1, 0.15) is 18.1 Å². The summed E-state index contributed by atoms with van der Waals surface area (Å²) in [5.74, 6) is 1.46. The number of anilines is 1. The number of ether oxygens (including phenoxy) is 2. The number of hydrogen-bond donors (Lipinski definition) is 1. The van der Waals surface area contributed by atoms with Crippen molar-refractivity contribution in [1.29, 1.82) is 0 Å². The Morgan fingerprint density at radius 3 is 2.43 bits per heavy atom. The van der Waals surface area contributed by atoms with Crippen molar-refractivity contribution in [3.8, 4) is 11.5 Å². The van der Waals surface area contributed by atoms with E-state index in [0.29, 0.717) is 6.54 Å². The maximum atomic E-state index is 5.35. The predicted octanol–water partition coefficient (Wildman–Crippen LogP) is 4.64. The summed E-state index contributed by atoms with van der Waals surface area (Å²) in [4.78, 5) is 0. The van der Waals surface area contributed by atoms with Crippen LogP contribution in [0, 0.1) is 0 Å². The highest BCUT2D eigenvalue weighted by Gasteiger charge is 2.09. The van der Waals surface area contributed by atoms with Crippen molar-refractivity contribution in [2.24, 2.45) is 0 Å². The van der Waals surface area contributed by atoms with Gasteiger partial charge in [0.2, 0.25) is 0 Å². The molecule has 0 aliphatic carbocycles. The first-order valence-electron chi connectivity index (χ1n) is 6.91. The molecule has 4 heteroatoms. The van der Waals surface area contributed by atoms with Gasteiger partial charge < -0.3 is 14.8 Å². The zero-order valence-corrected chi connectivity index (χ0v) is 14.2. The van der Waals surface area contributed by atoms with E-state index in [2.05, 4.69) is 52.4 Å². The second-order valence-electron chi connectivity index (χ2n) is 4.71. The lowest BCUT2D eigenvalue weighted by Gasteiger charge is -2.13. The monoisotopic (exact) mass is 349 g/mol. The molecule has 0 saturated carbocycles. The van der Waals surface area contributed by atoms with Gasteiger partial charge in [0, 0.05) is 16.7 Å². The lowest BCUT2D eigenvalue weighted by Crippen LogP contribution is -2.02. The minimum atomic E-state index is 0.716. The summed E-state index contributed by atoms with van der Waals surface area (Å²) in [6.07, 6.45) is 1.04. The molecule has 0 radical (unpaired) electrons. The van der Waals surface area contributed by atoms with Gasteiger partial charge in [0.15, 0.2) is 11.5 Å². The van der Waals surface area contributed by atoms with E-state index in [1.165, 1.54) is 5.56 Å². The molecule has 0 atom stereocenters. The Morgan fingerprint density at radius 1 is 1.05 bits per heavy atom. The predicted molar refractivity (Wildman–Crippen MR) is 90.4 cm³/mol. The third-order valence-corrected chi connectivity index (χ3v) is 4.11. The van der Waals surface area contributed by atoms with E-state index in [0.717, 1.165) is 33.6 Å². The van der Waals surface area contributed by atoms with Crippen LogP contribution in [0.2, 0.25) is 0 Å². The van der Waals surface area contributed by atoms with E-state index < -0.39 is 0 Å². The minimum absolute atomic E-state index is 0.716. The average molecular weight is 350 g/mol. The first-order chi connectivity index (χ1) is 10.2. The highest BCUT2D eigenvalue weighted by atomic mass is 79.9. The lowest BCUT2D eigenvalue weighted by molar-refractivity contribution is 0.354. The Labute approximate surface area is 134 Å². The van der Waals surface area contributed by atoms with Gasteiger partial charge in [-0.2, -0.15) is 0 Å². The highest BCUT2D eigenvalue weighted by molar-refractivity contribution is 9.10. The molecule has 2 aromatic carbocycles. The van der Waals surface area contributed by atoms with Crippen LogP contribution in [0.15, 0.2) is 40.9 Å². The number of hydrogen-bond acceptors (Lipinski definition) is 3. The molecule has 0 aromatic heterocycles. The molecule has 0 aliphatic rings. The Kier molecular flexibility index (Phi) is 5.51. The van der Waals surface area contributed by atoms with E-state index in [9.17, 15) is 0 Å². The molecule has 21 heavy (non-hydrogen) atoms. The minimum Gasteiger partial charge on any atom is -0.493 e. The summed E-state index contributed by atoms with van der Waals surface area (Å²) < 4.78 is 11.6. The Balaban J connectivity index is 2.15. The van der Waals surface area contributed by atoms with Crippen molar-refractivity contribution in [2.45, 2.75) is 19.9 Å². The van der Waals surface area contributed by atoms with Gasteiger partial charge in [0.25, 0.3) is 0 Å². The third kappa shape index (κ3) is 3.91. The molecular formula is C17H20BrNO2. The summed E-state index contributed by atoms with van der Waals surface area (Å²) in [6.45, 7) is 2.87. The van der Waals surface area contributed by atoms with Crippen molar-refractivity contribution in [1.82, 2.24) is 0 Å². The van der Waals surface area contributed by atoms with Gasteiger partial charge in [-0.25, -0.2) is 0 Å². The Hall–Kier alpha value is -1.68. The topological polar surface area (TPSA) is 30.5 Å². The van der Waals surface area contributed by atoms with Crippen LogP contribution < -0.4 is 14.8 Å². The van der Waals surface area contributed by atoms with Gasteiger partial charge in [0.1, 0.15) is 0 Å². The third-order valence-electron chi connectivity index (χ3n) is 3.37. The summed E-state index contributed by atoms with van der Waals surface area (Å²) in [5.41, 5.74) is 3.57. The number of halogens is 1. The number of methoxy groups -OCH3 is 2. The van der Waals surface area contributed by atoms with Crippen LogP contribution in [0.5, 0.6) is 11.5 Å². The van der Waals surface area contributed by atoms with Crippen LogP contribution in [-0.4, -0.2) is 14.2 Å². The molecular weight excluding hydrogens is 330 g/mol. The van der Waals surface area contributed by atoms with Crippen molar-refractivity contribution in [3.63, 3.8) is 0 Å². The van der Waals surface area contributed by atoms with Crippen LogP contribution in [-0.2, 0) is 13.0 Å². The Morgan fingerprint density at radius 2 is 1.76 bits per heavy atom. The molecule has 0 unspecified atom stereocenters. The largest absolute Gasteiger partial charge is 0.493 e. The first kappa shape index (κ1) is 15.7. The van der Waals surface area contributed by atoms with Gasteiger partial charge in [-0.05, 0) is 41.8 Å². The summed E-state index contributed by atoms with van der Waals surface area (Å²) in [6, 6.07) is 12.4. The van der Waals surface area contributed by atoms with Gasteiger partial charge in [-0.15, -0.1) is 0 Å². The average Bonchev–Trinajstić information content (AvgIpc) is 2.53. The second-order valence-corrected chi connectivity index (χ2v) is 5.56. The molecule has 0 spiro atoms. The van der Waals surface area contributed by atoms with Crippen LogP contribution in [0.3, 0.4) is 0 Å². The highest BCUT2D eigenvalue weighted by Crippen LogP contribution is 2.33. The van der Waals surface area contributed by atoms with E-state index in [4.69, 9.17) is 9.47 Å². The van der Waals surface area contributed by atoms with Gasteiger partial charge in [-0.1, -0.05) is 35.0 Å². The quantitative estimate of drug-likeness (QED) is 0.823. The fourth-order valence-electron chi connectivity index (χ4n) is 2.13. The summed E-state index contributed by atoms with van der Waals surface area (Å²) in [5, 5.41) is 3.44. The molecule has 0 saturated heterocycles. The SMILES string of the molecule is CCc1cccc(NCc2cc(OC)c(OC)cc2Br)c1. The molecule has 0 fully saturated rings. The summed E-state index contributed by atoms with van der Waals surface area (Å²) >= 11 is 3.58. The molecule has 1 N–H and O–H groups in total. The molecule has 2 rings (SSSR count). The molecule has 0 aliphatic heterocycles. The number of nitrogens with one attached hydrogen (secondary N) is 1. The van der Waals surface area contributed by atoms with Gasteiger partial charge >= 0.3 is 0 Å². The lowest BCUT2D eigenvalue weighted by atomic mass is 10.1. The molecule has 3 nitrogen and oxygen atoms in total. The number of aryl methyl sites for hydroxylation is 1. The second kappa shape index (κ2) is 7.36. The van der Waals surface area contributed by atoms with Crippen molar-refractivity contribution in [3.05, 3.63) is 52.0 Å². The fourth-order valence-corrected chi connectivity index (χ4v) is 2.59. The fraction of sp³-hybridized carbons (Fsp3) is 0.294. The number of benzene rings is 2. The maximum absolute atomic E-state index is 5.35. The maximum Gasteiger partial charge on any atom is 0.161 e. The van der Waals surface area contributed by atoms with E-state index in [1.807, 2.05) is 12.1 Å². The number of rotatable bonds is 6. The van der Waals surface area contributed by atoms with Crippen molar-refractivity contribution in [2.75, 3.05) is 19.5 Å². The van der Waals surface area contributed by atoms with Crippen LogP contribution >= 0.6 is 15.9 Å². The van der Waals surface area contributed by atoms with Crippen molar-refractivity contribution < 1.29 is 9.47 Å². The van der Waals surface area contributed by atoms with Crippen LogP contribution in [0.4, 0.5) is 5.69 Å². The molecule has 0 bridgehead atoms. The molecule has 112 valence electrons. The van der Waals surface area contributed by atoms with Gasteiger partial charge in [-0.3, -0.25) is 0 Å². The van der Waals surface area contributed by atoms with E-state index in [-0.39, 0.29) is 0 Å². The molecule has 0 amide bonds. The Bertz CT molecular complexity index is 614. The van der Waals surface area contributed by atoms with Gasteiger partial charge in [0.05, 0.1) is 14.2 Å². The van der Waals surface area contributed by atoms with E-state index >= 15 is 0 Å². The summed E-state index contributed by atoms with van der Waals surface area (Å²) in [7, 11) is 3.28. The first-order valence-corrected chi connectivity index (χ1v) is 7.70. The normalized spacial score (nSPS) is 10.3. The zero-order valence-electron chi connectivity index (χ0n) is 12.6. The zero-order chi connectivity index (χ0) is 15.2. The van der Waals surface area contributed by atoms with Crippen molar-refractivity contribution >= 4 is 21.6 Å². The van der Waals surface area contributed by atoms with E-state index in [1.54, 1.807) is 14.2 Å². The standard InChI is InChI=1S/C17H20BrNO2/c1-4-12-6-5-7-14(8-12)19-11-13-9-16(20-2)17(21-3)10-15(13)18/h5-10,19H,4,11H2,1-3H3. The smallest absolute Gasteiger partial charge is 0.161 e. The molecule has 2 aromatic rings. The molecule has 0 heterocycles. The van der Waals surface area contributed by atoms with Crippen LogP contribution in [0.25, 0.3) is 0 Å².